The number of nitrogens with one attached hydrogen (secondary N) is 1. The van der Waals surface area contributed by atoms with E-state index in [1.165, 1.54) is 6.07 Å². The molecule has 0 aliphatic heterocycles. The molecule has 88 valence electrons. The van der Waals surface area contributed by atoms with E-state index in [0.29, 0.717) is 11.9 Å². The highest BCUT2D eigenvalue weighted by atomic mass is 16.6. The van der Waals surface area contributed by atoms with Crippen LogP contribution in [0.15, 0.2) is 12.1 Å². The fraction of sp³-hybridized carbons (Fsp3) is 0.500. The summed E-state index contributed by atoms with van der Waals surface area (Å²) in [6.45, 7) is 4.13. The zero-order chi connectivity index (χ0) is 12.1. The van der Waals surface area contributed by atoms with E-state index in [1.807, 2.05) is 0 Å². The van der Waals surface area contributed by atoms with Crippen molar-refractivity contribution in [3.8, 4) is 0 Å². The Bertz CT molecular complexity index is 377. The molecule has 0 atom stereocenters. The van der Waals surface area contributed by atoms with Crippen molar-refractivity contribution in [2.75, 3.05) is 11.1 Å². The molecule has 0 aromatic carbocycles. The summed E-state index contributed by atoms with van der Waals surface area (Å²) in [6.07, 6.45) is 1.93. The van der Waals surface area contributed by atoms with E-state index in [1.54, 1.807) is 6.07 Å². The monoisotopic (exact) mass is 224 g/mol. The predicted molar refractivity (Wildman–Crippen MR) is 63.3 cm³/mol. The van der Waals surface area contributed by atoms with Gasteiger partial charge in [0.25, 0.3) is 0 Å². The van der Waals surface area contributed by atoms with Crippen molar-refractivity contribution < 1.29 is 4.92 Å². The van der Waals surface area contributed by atoms with Crippen molar-refractivity contribution in [1.82, 2.24) is 4.98 Å². The van der Waals surface area contributed by atoms with Crippen molar-refractivity contribution in [3.05, 3.63) is 22.2 Å². The molecule has 6 heteroatoms. The van der Waals surface area contributed by atoms with Gasteiger partial charge in [-0.3, -0.25) is 10.1 Å². The van der Waals surface area contributed by atoms with E-state index >= 15 is 0 Å². The summed E-state index contributed by atoms with van der Waals surface area (Å²) in [5, 5.41) is 13.7. The van der Waals surface area contributed by atoms with Gasteiger partial charge < -0.3 is 11.1 Å². The van der Waals surface area contributed by atoms with Gasteiger partial charge in [-0.2, -0.15) is 0 Å². The molecule has 0 saturated carbocycles. The highest BCUT2D eigenvalue weighted by Crippen LogP contribution is 2.21. The number of rotatable bonds is 5. The van der Waals surface area contributed by atoms with Crippen LogP contribution < -0.4 is 11.1 Å². The standard InChI is InChI=1S/C10H16N4O2/c1-3-7(4-2)12-9-6-5-8(14(15)16)10(11)13-9/h5-7H,3-4H2,1-2H3,(H3,11,12,13). The molecule has 1 aromatic heterocycles. The number of hydrogen-bond acceptors (Lipinski definition) is 5. The van der Waals surface area contributed by atoms with Gasteiger partial charge in [0.1, 0.15) is 5.82 Å². The maximum Gasteiger partial charge on any atom is 0.311 e. The van der Waals surface area contributed by atoms with Crippen LogP contribution in [0, 0.1) is 10.1 Å². The van der Waals surface area contributed by atoms with Crippen molar-refractivity contribution in [3.63, 3.8) is 0 Å². The highest BCUT2D eigenvalue weighted by molar-refractivity contribution is 5.57. The summed E-state index contributed by atoms with van der Waals surface area (Å²) < 4.78 is 0. The van der Waals surface area contributed by atoms with E-state index < -0.39 is 4.92 Å². The third-order valence-corrected chi connectivity index (χ3v) is 2.44. The fourth-order valence-corrected chi connectivity index (χ4v) is 1.40. The zero-order valence-electron chi connectivity index (χ0n) is 9.43. The number of nitro groups is 1. The molecule has 0 saturated heterocycles. The minimum Gasteiger partial charge on any atom is -0.378 e. The van der Waals surface area contributed by atoms with Crippen LogP contribution in [0.5, 0.6) is 0 Å². The Morgan fingerprint density at radius 1 is 1.50 bits per heavy atom. The molecule has 0 spiro atoms. The van der Waals surface area contributed by atoms with E-state index in [-0.39, 0.29) is 11.5 Å². The van der Waals surface area contributed by atoms with Crippen molar-refractivity contribution in [1.29, 1.82) is 0 Å². The second-order valence-corrected chi connectivity index (χ2v) is 3.52. The van der Waals surface area contributed by atoms with Gasteiger partial charge in [-0.05, 0) is 18.9 Å². The summed E-state index contributed by atoms with van der Waals surface area (Å²) in [5.74, 6) is 0.526. The lowest BCUT2D eigenvalue weighted by atomic mass is 10.2. The molecule has 16 heavy (non-hydrogen) atoms. The van der Waals surface area contributed by atoms with E-state index in [4.69, 9.17) is 5.73 Å². The minimum absolute atomic E-state index is 0.0547. The quantitative estimate of drug-likeness (QED) is 0.590. The van der Waals surface area contributed by atoms with Gasteiger partial charge in [-0.1, -0.05) is 13.8 Å². The molecule has 0 fully saturated rings. The first-order chi connectivity index (χ1) is 7.58. The maximum atomic E-state index is 10.5. The smallest absolute Gasteiger partial charge is 0.311 e. The zero-order valence-corrected chi connectivity index (χ0v) is 9.43. The average molecular weight is 224 g/mol. The number of anilines is 2. The maximum absolute atomic E-state index is 10.5. The number of aromatic nitrogens is 1. The average Bonchev–Trinajstić information content (AvgIpc) is 2.25. The van der Waals surface area contributed by atoms with E-state index in [2.05, 4.69) is 24.1 Å². The molecule has 1 aromatic rings. The first-order valence-corrected chi connectivity index (χ1v) is 5.25. The Labute approximate surface area is 94.0 Å². The van der Waals surface area contributed by atoms with E-state index in [9.17, 15) is 10.1 Å². The van der Waals surface area contributed by atoms with Crippen LogP contribution in [-0.2, 0) is 0 Å². The lowest BCUT2D eigenvalue weighted by molar-refractivity contribution is -0.384. The van der Waals surface area contributed by atoms with Crippen LogP contribution in [-0.4, -0.2) is 15.9 Å². The number of nitrogen functional groups attached to an aromatic ring is 1. The van der Waals surface area contributed by atoms with Crippen LogP contribution in [0.4, 0.5) is 17.3 Å². The molecule has 0 radical (unpaired) electrons. The number of nitrogens with zero attached hydrogens (tertiary/aromatic N) is 2. The van der Waals surface area contributed by atoms with Gasteiger partial charge >= 0.3 is 5.69 Å². The fourth-order valence-electron chi connectivity index (χ4n) is 1.40. The lowest BCUT2D eigenvalue weighted by Gasteiger charge is -2.15. The first kappa shape index (κ1) is 12.2. The van der Waals surface area contributed by atoms with Crippen LogP contribution in [0.2, 0.25) is 0 Å². The SMILES string of the molecule is CCC(CC)Nc1ccc([N+](=O)[O-])c(N)n1. The molecule has 0 amide bonds. The predicted octanol–water partition coefficient (Wildman–Crippen LogP) is 2.17. The van der Waals surface area contributed by atoms with Gasteiger partial charge in [0.2, 0.25) is 5.82 Å². The molecule has 6 nitrogen and oxygen atoms in total. The Morgan fingerprint density at radius 2 is 2.12 bits per heavy atom. The Morgan fingerprint density at radius 3 is 2.56 bits per heavy atom. The highest BCUT2D eigenvalue weighted by Gasteiger charge is 2.13. The summed E-state index contributed by atoms with van der Waals surface area (Å²) >= 11 is 0. The summed E-state index contributed by atoms with van der Waals surface area (Å²) in [4.78, 5) is 13.9. The van der Waals surface area contributed by atoms with Crippen LogP contribution in [0.3, 0.4) is 0 Å². The summed E-state index contributed by atoms with van der Waals surface area (Å²) in [7, 11) is 0. The summed E-state index contributed by atoms with van der Waals surface area (Å²) in [6, 6.07) is 3.26. The molecule has 0 bridgehead atoms. The van der Waals surface area contributed by atoms with Crippen LogP contribution in [0.25, 0.3) is 0 Å². The molecular weight excluding hydrogens is 208 g/mol. The Balaban J connectivity index is 2.84. The molecule has 0 aliphatic carbocycles. The number of hydrogen-bond donors (Lipinski definition) is 2. The van der Waals surface area contributed by atoms with E-state index in [0.717, 1.165) is 12.8 Å². The number of pyridine rings is 1. The second kappa shape index (κ2) is 5.29. The molecular formula is C10H16N4O2. The third-order valence-electron chi connectivity index (χ3n) is 2.44. The van der Waals surface area contributed by atoms with Crippen molar-refractivity contribution >= 4 is 17.3 Å². The molecule has 1 rings (SSSR count). The second-order valence-electron chi connectivity index (χ2n) is 3.52. The minimum atomic E-state index is -0.538. The topological polar surface area (TPSA) is 94.1 Å². The van der Waals surface area contributed by atoms with Gasteiger partial charge in [-0.25, -0.2) is 4.98 Å². The molecule has 3 N–H and O–H groups in total. The molecule has 0 aliphatic rings. The third kappa shape index (κ3) is 2.82. The summed E-state index contributed by atoms with van der Waals surface area (Å²) in [5.41, 5.74) is 5.33. The normalized spacial score (nSPS) is 10.4. The molecule has 0 unspecified atom stereocenters. The molecule has 1 heterocycles. The van der Waals surface area contributed by atoms with Crippen LogP contribution >= 0.6 is 0 Å². The number of nitrogens with two attached hydrogens (primary N) is 1. The van der Waals surface area contributed by atoms with Gasteiger partial charge in [-0.15, -0.1) is 0 Å². The first-order valence-electron chi connectivity index (χ1n) is 5.25. The van der Waals surface area contributed by atoms with Gasteiger partial charge in [0, 0.05) is 12.1 Å². The van der Waals surface area contributed by atoms with Gasteiger partial charge in [0.15, 0.2) is 0 Å². The Kier molecular flexibility index (Phi) is 4.04. The van der Waals surface area contributed by atoms with Gasteiger partial charge in [0.05, 0.1) is 4.92 Å². The van der Waals surface area contributed by atoms with Crippen molar-refractivity contribution in [2.45, 2.75) is 32.7 Å². The lowest BCUT2D eigenvalue weighted by Crippen LogP contribution is -2.18. The Hall–Kier alpha value is -1.85. The largest absolute Gasteiger partial charge is 0.378 e. The van der Waals surface area contributed by atoms with Crippen LogP contribution in [0.1, 0.15) is 26.7 Å². The van der Waals surface area contributed by atoms with Crippen molar-refractivity contribution in [2.24, 2.45) is 0 Å².